The van der Waals surface area contributed by atoms with Gasteiger partial charge in [0.1, 0.15) is 11.5 Å². The van der Waals surface area contributed by atoms with Gasteiger partial charge in [-0.2, -0.15) is 0 Å². The Bertz CT molecular complexity index is 1280. The number of hydrogen-bond acceptors (Lipinski definition) is 4. The fourth-order valence-corrected chi connectivity index (χ4v) is 3.64. The lowest BCUT2D eigenvalue weighted by molar-refractivity contribution is -0.134. The second kappa shape index (κ2) is 10.3. The van der Waals surface area contributed by atoms with Crippen LogP contribution in [0, 0.1) is 0 Å². The summed E-state index contributed by atoms with van der Waals surface area (Å²) in [6.45, 7) is 0. The van der Waals surface area contributed by atoms with E-state index < -0.39 is 0 Å². The van der Waals surface area contributed by atoms with Crippen molar-refractivity contribution in [2.24, 2.45) is 0 Å². The number of cyclic esters (lactones) is 2. The second-order valence-electron chi connectivity index (χ2n) is 7.14. The Balaban J connectivity index is 0.000000183. The lowest BCUT2D eigenvalue weighted by atomic mass is 10.1. The zero-order valence-electron chi connectivity index (χ0n) is 17.3. The van der Waals surface area contributed by atoms with Gasteiger partial charge in [-0.15, -0.1) is 0 Å². The van der Waals surface area contributed by atoms with Crippen LogP contribution in [0.4, 0.5) is 0 Å². The van der Waals surface area contributed by atoms with Gasteiger partial charge in [0, 0.05) is 21.2 Å². The maximum absolute atomic E-state index is 11.9. The van der Waals surface area contributed by atoms with Gasteiger partial charge in [0.2, 0.25) is 0 Å². The summed E-state index contributed by atoms with van der Waals surface area (Å²) in [6, 6.07) is 24.2. The number of ether oxygens (including phenoxy) is 2. The average molecular weight is 477 g/mol. The van der Waals surface area contributed by atoms with Crippen LogP contribution in [0.15, 0.2) is 96.6 Å². The van der Waals surface area contributed by atoms with Gasteiger partial charge in [-0.05, 0) is 35.9 Å². The Hall–Kier alpha value is -3.60. The molecule has 0 radical (unpaired) electrons. The van der Waals surface area contributed by atoms with Gasteiger partial charge >= 0.3 is 11.9 Å². The molecule has 0 unspecified atom stereocenters. The third-order valence-corrected chi connectivity index (χ3v) is 5.36. The minimum absolute atomic E-state index is 0.172. The van der Waals surface area contributed by atoms with Crippen LogP contribution in [0.2, 0.25) is 10.0 Å². The van der Waals surface area contributed by atoms with Crippen molar-refractivity contribution in [1.82, 2.24) is 0 Å². The second-order valence-corrected chi connectivity index (χ2v) is 7.99. The molecule has 5 rings (SSSR count). The highest BCUT2D eigenvalue weighted by atomic mass is 35.5. The number of benzene rings is 3. The first-order chi connectivity index (χ1) is 16.0. The van der Waals surface area contributed by atoms with Crippen molar-refractivity contribution in [3.63, 3.8) is 0 Å². The third-order valence-electron chi connectivity index (χ3n) is 4.79. The summed E-state index contributed by atoms with van der Waals surface area (Å²) >= 11 is 12.0. The van der Waals surface area contributed by atoms with Crippen LogP contribution >= 0.6 is 23.2 Å². The van der Waals surface area contributed by atoms with E-state index in [1.165, 1.54) is 0 Å². The molecule has 2 aliphatic heterocycles. The maximum atomic E-state index is 11.9. The number of carbonyl (C=O) groups excluding carboxylic acids is 2. The van der Waals surface area contributed by atoms with E-state index in [-0.39, 0.29) is 11.9 Å². The van der Waals surface area contributed by atoms with E-state index in [1.807, 2.05) is 60.7 Å². The largest absolute Gasteiger partial charge is 0.426 e. The predicted molar refractivity (Wildman–Crippen MR) is 130 cm³/mol. The highest BCUT2D eigenvalue weighted by molar-refractivity contribution is 6.35. The number of carbonyl (C=O) groups is 2. The summed E-state index contributed by atoms with van der Waals surface area (Å²) in [5, 5.41) is 1.04. The number of hydrogen-bond donors (Lipinski definition) is 0. The first-order valence-electron chi connectivity index (χ1n) is 10.1. The normalized spacial score (nSPS) is 15.9. The van der Waals surface area contributed by atoms with Crippen molar-refractivity contribution in [3.05, 3.63) is 123 Å². The minimum Gasteiger partial charge on any atom is -0.426 e. The summed E-state index contributed by atoms with van der Waals surface area (Å²) in [4.78, 5) is 22.7. The highest BCUT2D eigenvalue weighted by Crippen LogP contribution is 2.29. The van der Waals surface area contributed by atoms with Crippen LogP contribution in [-0.4, -0.2) is 11.9 Å². The van der Waals surface area contributed by atoms with Crippen LogP contribution in [0.3, 0.4) is 0 Å². The van der Waals surface area contributed by atoms with Crippen molar-refractivity contribution in [2.45, 2.75) is 6.42 Å². The Labute approximate surface area is 201 Å². The van der Waals surface area contributed by atoms with Gasteiger partial charge in [-0.25, -0.2) is 4.79 Å². The molecule has 0 saturated heterocycles. The molecule has 0 fully saturated rings. The summed E-state index contributed by atoms with van der Waals surface area (Å²) < 4.78 is 10.3. The number of halogens is 2. The van der Waals surface area contributed by atoms with Gasteiger partial charge in [-0.3, -0.25) is 4.79 Å². The standard InChI is InChI=1S/C17H10Cl2O2.C10H8O2/c18-14-7-6-12(15(19)10-14)8-13-9-16(21-17(13)20)11-4-2-1-3-5-11;11-10-7-6-9(12-10)8-4-2-1-3-5-8/h1-10H;1-6H,7H2/b13-8+;. The minimum atomic E-state index is -0.389. The van der Waals surface area contributed by atoms with E-state index >= 15 is 0 Å². The first-order valence-corrected chi connectivity index (χ1v) is 10.9. The molecule has 3 aromatic rings. The highest BCUT2D eigenvalue weighted by Gasteiger charge is 2.22. The molecule has 33 heavy (non-hydrogen) atoms. The van der Waals surface area contributed by atoms with Gasteiger partial charge < -0.3 is 9.47 Å². The van der Waals surface area contributed by atoms with Gasteiger partial charge in [0.25, 0.3) is 0 Å². The van der Waals surface area contributed by atoms with Crippen LogP contribution in [0.25, 0.3) is 17.6 Å². The van der Waals surface area contributed by atoms with Crippen LogP contribution in [-0.2, 0) is 19.1 Å². The Kier molecular flexibility index (Phi) is 7.08. The molecule has 0 amide bonds. The van der Waals surface area contributed by atoms with Crippen LogP contribution in [0.5, 0.6) is 0 Å². The SMILES string of the molecule is O=C1CC=C(c2ccccc2)O1.O=C1OC(c2ccccc2)=C/C1=C\c1ccc(Cl)cc1Cl. The zero-order chi connectivity index (χ0) is 23.2. The Morgan fingerprint density at radius 2 is 1.39 bits per heavy atom. The first kappa shape index (κ1) is 22.6. The predicted octanol–water partition coefficient (Wildman–Crippen LogP) is 6.95. The van der Waals surface area contributed by atoms with E-state index in [2.05, 4.69) is 0 Å². The maximum Gasteiger partial charge on any atom is 0.343 e. The molecule has 0 atom stereocenters. The molecule has 164 valence electrons. The van der Waals surface area contributed by atoms with Gasteiger partial charge in [-0.1, -0.05) is 89.9 Å². The quantitative estimate of drug-likeness (QED) is 0.303. The smallest absolute Gasteiger partial charge is 0.343 e. The zero-order valence-corrected chi connectivity index (χ0v) is 18.8. The van der Waals surface area contributed by atoms with E-state index in [1.54, 1.807) is 36.4 Å². The Morgan fingerprint density at radius 1 is 0.758 bits per heavy atom. The van der Waals surface area contributed by atoms with E-state index in [4.69, 9.17) is 32.7 Å². The molecule has 0 N–H and O–H groups in total. The topological polar surface area (TPSA) is 52.6 Å². The number of esters is 2. The van der Waals surface area contributed by atoms with Crippen molar-refractivity contribution < 1.29 is 19.1 Å². The number of rotatable bonds is 3. The molecule has 0 bridgehead atoms. The monoisotopic (exact) mass is 476 g/mol. The molecule has 2 heterocycles. The van der Waals surface area contributed by atoms with Crippen molar-refractivity contribution in [2.75, 3.05) is 0 Å². The summed E-state index contributed by atoms with van der Waals surface area (Å²) in [5.74, 6) is 0.659. The summed E-state index contributed by atoms with van der Waals surface area (Å²) in [7, 11) is 0. The van der Waals surface area contributed by atoms with Crippen molar-refractivity contribution in [1.29, 1.82) is 0 Å². The van der Waals surface area contributed by atoms with E-state index in [9.17, 15) is 9.59 Å². The summed E-state index contributed by atoms with van der Waals surface area (Å²) in [5.41, 5.74) is 3.00. The van der Waals surface area contributed by atoms with Crippen molar-refractivity contribution >= 4 is 52.7 Å². The molecule has 0 aliphatic carbocycles. The molecule has 3 aromatic carbocycles. The van der Waals surface area contributed by atoms with Crippen LogP contribution in [0.1, 0.15) is 23.1 Å². The molecule has 4 nitrogen and oxygen atoms in total. The lowest BCUT2D eigenvalue weighted by Gasteiger charge is -2.00. The van der Waals surface area contributed by atoms with Crippen molar-refractivity contribution in [3.8, 4) is 0 Å². The molecule has 2 aliphatic rings. The third kappa shape index (κ3) is 5.80. The lowest BCUT2D eigenvalue weighted by Crippen LogP contribution is -1.97. The fourth-order valence-electron chi connectivity index (χ4n) is 3.18. The molecule has 0 aromatic heterocycles. The molecular weight excluding hydrogens is 459 g/mol. The van der Waals surface area contributed by atoms with E-state index in [0.717, 1.165) is 16.7 Å². The Morgan fingerprint density at radius 3 is 1.97 bits per heavy atom. The van der Waals surface area contributed by atoms with E-state index in [0.29, 0.717) is 33.6 Å². The van der Waals surface area contributed by atoms with Crippen LogP contribution < -0.4 is 0 Å². The molecule has 6 heteroatoms. The molecule has 0 saturated carbocycles. The molecular formula is C27H18Cl2O4. The average Bonchev–Trinajstić information content (AvgIpc) is 3.43. The molecule has 0 spiro atoms. The van der Waals surface area contributed by atoms with Gasteiger partial charge in [0.05, 0.1) is 12.0 Å². The van der Waals surface area contributed by atoms with Gasteiger partial charge in [0.15, 0.2) is 0 Å². The summed E-state index contributed by atoms with van der Waals surface area (Å²) in [6.07, 6.45) is 5.60. The fraction of sp³-hybridized carbons (Fsp3) is 0.0370.